The minimum Gasteiger partial charge on any atom is -0.381 e. The van der Waals surface area contributed by atoms with Crippen molar-refractivity contribution >= 4 is 46.5 Å². The van der Waals surface area contributed by atoms with Gasteiger partial charge in [-0.2, -0.15) is 4.90 Å². The van der Waals surface area contributed by atoms with E-state index < -0.39 is 6.04 Å². The Morgan fingerprint density at radius 1 is 1.15 bits per heavy atom. The van der Waals surface area contributed by atoms with Crippen LogP contribution in [-0.4, -0.2) is 43.5 Å². The van der Waals surface area contributed by atoms with Gasteiger partial charge in [-0.25, -0.2) is 9.36 Å². The predicted molar refractivity (Wildman–Crippen MR) is 136 cm³/mol. The highest BCUT2D eigenvalue weighted by Crippen LogP contribution is 2.34. The Kier molecular flexibility index (Phi) is 6.77. The molecule has 1 unspecified atom stereocenters. The van der Waals surface area contributed by atoms with E-state index in [0.29, 0.717) is 6.54 Å². The molecule has 0 aliphatic carbocycles. The van der Waals surface area contributed by atoms with Gasteiger partial charge in [-0.15, -0.1) is 12.4 Å². The molecule has 0 spiro atoms. The molecular formula is C26H31ClN5O2+. The lowest BCUT2D eigenvalue weighted by molar-refractivity contribution is -0.710. The van der Waals surface area contributed by atoms with Crippen molar-refractivity contribution in [3.05, 3.63) is 66.4 Å². The molecule has 2 aliphatic heterocycles. The molecule has 3 N–H and O–H groups in total. The number of halogens is 1. The maximum Gasteiger partial charge on any atom is 0.336 e. The second-order valence-corrected chi connectivity index (χ2v) is 9.01. The molecule has 1 aromatic heterocycles. The topological polar surface area (TPSA) is 77.4 Å². The fourth-order valence-corrected chi connectivity index (χ4v) is 4.94. The first kappa shape index (κ1) is 24.0. The number of rotatable bonds is 6. The normalized spacial score (nSPS) is 21.6. The van der Waals surface area contributed by atoms with Crippen molar-refractivity contribution in [3.63, 3.8) is 0 Å². The number of hydrogen-bond acceptors (Lipinski definition) is 4. The highest BCUT2D eigenvalue weighted by molar-refractivity contribution is 6.01. The number of carbonyl (C=O) groups is 2. The zero-order valence-corrected chi connectivity index (χ0v) is 20.4. The van der Waals surface area contributed by atoms with Gasteiger partial charge in [0.05, 0.1) is 18.8 Å². The Hall–Kier alpha value is -3.16. The lowest BCUT2D eigenvalue weighted by atomic mass is 10.0. The number of anilines is 2. The zero-order chi connectivity index (χ0) is 23.1. The summed E-state index contributed by atoms with van der Waals surface area (Å²) in [7, 11) is 1.74. The Labute approximate surface area is 205 Å². The summed E-state index contributed by atoms with van der Waals surface area (Å²) >= 11 is 0. The fourth-order valence-electron chi connectivity index (χ4n) is 4.94. The average molecular weight is 481 g/mol. The predicted octanol–water partition coefficient (Wildman–Crippen LogP) is 2.59. The quantitative estimate of drug-likeness (QED) is 0.474. The molecule has 3 aromatic rings. The molecule has 0 bridgehead atoms. The lowest BCUT2D eigenvalue weighted by Crippen LogP contribution is -2.67. The smallest absolute Gasteiger partial charge is 0.336 e. The van der Waals surface area contributed by atoms with E-state index in [2.05, 4.69) is 56.9 Å². The van der Waals surface area contributed by atoms with Crippen molar-refractivity contribution in [2.45, 2.75) is 44.4 Å². The van der Waals surface area contributed by atoms with Gasteiger partial charge in [0.25, 0.3) is 5.82 Å². The molecule has 2 aliphatic rings. The molecule has 7 nitrogen and oxygen atoms in total. The van der Waals surface area contributed by atoms with Crippen LogP contribution in [0.3, 0.4) is 0 Å². The number of aromatic nitrogens is 1. The van der Waals surface area contributed by atoms with Crippen LogP contribution in [0.4, 0.5) is 11.5 Å². The van der Waals surface area contributed by atoms with Gasteiger partial charge in [0.1, 0.15) is 12.1 Å². The van der Waals surface area contributed by atoms with Crippen LogP contribution in [0.15, 0.2) is 60.8 Å². The van der Waals surface area contributed by atoms with E-state index in [-0.39, 0.29) is 42.3 Å². The van der Waals surface area contributed by atoms with Crippen molar-refractivity contribution in [2.24, 2.45) is 0 Å². The van der Waals surface area contributed by atoms with E-state index in [1.807, 2.05) is 36.2 Å². The number of nitrogens with zero attached hydrogens (tertiary/aromatic N) is 2. The first-order chi connectivity index (χ1) is 16.0. The highest BCUT2D eigenvalue weighted by Gasteiger charge is 2.53. The molecule has 0 fully saturated rings. The van der Waals surface area contributed by atoms with Crippen LogP contribution in [0, 0.1) is 0 Å². The molecule has 0 saturated carbocycles. The summed E-state index contributed by atoms with van der Waals surface area (Å²) in [6.07, 6.45) is 2.78. The molecule has 0 saturated heterocycles. The van der Waals surface area contributed by atoms with Crippen molar-refractivity contribution in [1.82, 2.24) is 10.6 Å². The van der Waals surface area contributed by atoms with Crippen LogP contribution in [0.5, 0.6) is 0 Å². The first-order valence-corrected chi connectivity index (χ1v) is 11.5. The summed E-state index contributed by atoms with van der Waals surface area (Å²) in [6.45, 7) is 4.41. The molecule has 178 valence electrons. The Morgan fingerprint density at radius 2 is 1.91 bits per heavy atom. The number of hydrogen-bond donors (Lipinski definition) is 3. The zero-order valence-electron chi connectivity index (χ0n) is 19.6. The molecule has 2 amide bonds. The van der Waals surface area contributed by atoms with E-state index in [4.69, 9.17) is 0 Å². The van der Waals surface area contributed by atoms with Crippen LogP contribution in [0.1, 0.15) is 25.5 Å². The number of carbonyl (C=O) groups excluding carboxylic acids is 2. The number of likely N-dealkylation sites (N-methyl/N-ethyl adjacent to an activating group) is 1. The summed E-state index contributed by atoms with van der Waals surface area (Å²) in [4.78, 5) is 28.1. The molecule has 0 radical (unpaired) electrons. The summed E-state index contributed by atoms with van der Waals surface area (Å²) in [5, 5.41) is 11.8. The highest BCUT2D eigenvalue weighted by atomic mass is 35.5. The van der Waals surface area contributed by atoms with Crippen LogP contribution in [0.25, 0.3) is 10.8 Å². The molecule has 5 rings (SSSR count). The van der Waals surface area contributed by atoms with E-state index >= 15 is 0 Å². The number of pyridine rings is 1. The Balaban J connectivity index is 0.00000274. The van der Waals surface area contributed by atoms with E-state index in [0.717, 1.165) is 23.5 Å². The van der Waals surface area contributed by atoms with Crippen molar-refractivity contribution < 1.29 is 14.2 Å². The van der Waals surface area contributed by atoms with E-state index in [1.165, 1.54) is 10.8 Å². The van der Waals surface area contributed by atoms with Gasteiger partial charge < -0.3 is 16.0 Å². The van der Waals surface area contributed by atoms with Crippen molar-refractivity contribution in [3.8, 4) is 0 Å². The SMILES string of the molecule is CN[C@@H](C)C(=O)N[C@@H]1C(=O)N2c3c(ccc[n+]3C1C)C[C@H]2CNc1ccc2ccccc2c1.Cl. The molecule has 34 heavy (non-hydrogen) atoms. The molecule has 2 aromatic carbocycles. The maximum absolute atomic E-state index is 13.7. The third-order valence-corrected chi connectivity index (χ3v) is 6.96. The van der Waals surface area contributed by atoms with Gasteiger partial charge in [0, 0.05) is 17.7 Å². The third-order valence-electron chi connectivity index (χ3n) is 6.96. The number of benzene rings is 2. The van der Waals surface area contributed by atoms with Gasteiger partial charge in [-0.3, -0.25) is 4.79 Å². The first-order valence-electron chi connectivity index (χ1n) is 11.5. The summed E-state index contributed by atoms with van der Waals surface area (Å²) in [5.74, 6) is 0.731. The standard InChI is InChI=1S/C26H29N5O2.ClH/c1-16(27-3)24(32)29-23-17(2)30-12-6-9-20-14-22(31(25(20)30)26(23)33)15-28-21-11-10-18-7-4-5-8-19(18)13-21;/h4-13,16-17,22-23,27-28H,14-15H2,1-3H3;1H/p+1/t16-,17?,22-,23-;/m0./s1. The fraction of sp³-hybridized carbons (Fsp3) is 0.346. The monoisotopic (exact) mass is 480 g/mol. The van der Waals surface area contributed by atoms with Gasteiger partial charge in [-0.05, 0) is 55.9 Å². The number of fused-ring (bicyclic) bond motifs is 1. The Morgan fingerprint density at radius 3 is 2.68 bits per heavy atom. The van der Waals surface area contributed by atoms with Gasteiger partial charge in [-0.1, -0.05) is 30.3 Å². The largest absolute Gasteiger partial charge is 0.381 e. The molecular weight excluding hydrogens is 450 g/mol. The van der Waals surface area contributed by atoms with Crippen LogP contribution in [-0.2, 0) is 16.0 Å². The van der Waals surface area contributed by atoms with Gasteiger partial charge in [0.15, 0.2) is 6.04 Å². The minimum absolute atomic E-state index is 0. The van der Waals surface area contributed by atoms with Crippen LogP contribution in [0.2, 0.25) is 0 Å². The molecule has 3 heterocycles. The lowest BCUT2D eigenvalue weighted by Gasteiger charge is -2.33. The van der Waals surface area contributed by atoms with Crippen LogP contribution >= 0.6 is 12.4 Å². The van der Waals surface area contributed by atoms with E-state index in [1.54, 1.807) is 14.0 Å². The number of nitrogens with one attached hydrogen (secondary N) is 3. The van der Waals surface area contributed by atoms with Crippen molar-refractivity contribution in [1.29, 1.82) is 0 Å². The van der Waals surface area contributed by atoms with Gasteiger partial charge >= 0.3 is 5.91 Å². The minimum atomic E-state index is -0.609. The maximum atomic E-state index is 13.7. The van der Waals surface area contributed by atoms with Crippen molar-refractivity contribution in [2.75, 3.05) is 23.8 Å². The van der Waals surface area contributed by atoms with Crippen LogP contribution < -0.4 is 25.4 Å². The molecule has 4 atom stereocenters. The number of amides is 2. The summed E-state index contributed by atoms with van der Waals surface area (Å²) < 4.78 is 2.13. The third kappa shape index (κ3) is 4.10. The Bertz CT molecular complexity index is 1230. The average Bonchev–Trinajstić information content (AvgIpc) is 3.22. The van der Waals surface area contributed by atoms with E-state index in [9.17, 15) is 9.59 Å². The second kappa shape index (κ2) is 9.60. The molecule has 8 heteroatoms. The summed E-state index contributed by atoms with van der Waals surface area (Å²) in [6, 6.07) is 17.6. The second-order valence-electron chi connectivity index (χ2n) is 9.01. The summed E-state index contributed by atoms with van der Waals surface area (Å²) in [5.41, 5.74) is 2.19. The van der Waals surface area contributed by atoms with Gasteiger partial charge in [0.2, 0.25) is 5.91 Å².